The van der Waals surface area contributed by atoms with Gasteiger partial charge in [0.2, 0.25) is 10.0 Å². The standard InChI is InChI=1S/C14H16ClNO2S2/c1-11-3-4-14(7-13(11)8-15)20(17,18)16(2)9-12-5-6-19-10-12/h3-7,10H,8-9H2,1-2H3. The first kappa shape index (κ1) is 15.5. The zero-order valence-electron chi connectivity index (χ0n) is 11.3. The molecule has 6 heteroatoms. The number of hydrogen-bond donors (Lipinski definition) is 0. The number of nitrogens with zero attached hydrogens (tertiary/aromatic N) is 1. The lowest BCUT2D eigenvalue weighted by atomic mass is 10.1. The van der Waals surface area contributed by atoms with Crippen LogP contribution in [0.5, 0.6) is 0 Å². The SMILES string of the molecule is Cc1ccc(S(=O)(=O)N(C)Cc2ccsc2)cc1CCl. The summed E-state index contributed by atoms with van der Waals surface area (Å²) in [4.78, 5) is 0.288. The van der Waals surface area contributed by atoms with Gasteiger partial charge in [-0.25, -0.2) is 8.42 Å². The molecule has 1 aromatic heterocycles. The van der Waals surface area contributed by atoms with Crippen molar-refractivity contribution >= 4 is 33.0 Å². The lowest BCUT2D eigenvalue weighted by molar-refractivity contribution is 0.467. The molecule has 0 N–H and O–H groups in total. The van der Waals surface area contributed by atoms with Crippen LogP contribution in [-0.4, -0.2) is 19.8 Å². The summed E-state index contributed by atoms with van der Waals surface area (Å²) in [6.45, 7) is 2.29. The van der Waals surface area contributed by atoms with Gasteiger partial charge >= 0.3 is 0 Å². The van der Waals surface area contributed by atoms with Crippen LogP contribution < -0.4 is 0 Å². The summed E-state index contributed by atoms with van der Waals surface area (Å²) < 4.78 is 26.4. The Bertz CT molecular complexity index is 681. The fourth-order valence-corrected chi connectivity index (χ4v) is 4.01. The third kappa shape index (κ3) is 3.23. The Balaban J connectivity index is 2.29. The van der Waals surface area contributed by atoms with E-state index in [2.05, 4.69) is 0 Å². The molecule has 0 bridgehead atoms. The number of halogens is 1. The van der Waals surface area contributed by atoms with Crippen molar-refractivity contribution in [2.45, 2.75) is 24.2 Å². The number of hydrogen-bond acceptors (Lipinski definition) is 3. The second kappa shape index (κ2) is 6.26. The molecule has 2 aromatic rings. The lowest BCUT2D eigenvalue weighted by Crippen LogP contribution is -2.26. The first-order valence-electron chi connectivity index (χ1n) is 6.08. The van der Waals surface area contributed by atoms with Gasteiger partial charge in [-0.15, -0.1) is 11.6 Å². The van der Waals surface area contributed by atoms with Crippen molar-refractivity contribution < 1.29 is 8.42 Å². The Morgan fingerprint density at radius 1 is 1.30 bits per heavy atom. The molecule has 0 aliphatic carbocycles. The highest BCUT2D eigenvalue weighted by Crippen LogP contribution is 2.21. The molecule has 2 rings (SSSR count). The van der Waals surface area contributed by atoms with Crippen molar-refractivity contribution in [3.05, 3.63) is 51.7 Å². The van der Waals surface area contributed by atoms with E-state index in [1.54, 1.807) is 36.6 Å². The molecule has 3 nitrogen and oxygen atoms in total. The number of alkyl halides is 1. The average molecular weight is 330 g/mol. The smallest absolute Gasteiger partial charge is 0.207 e. The zero-order valence-corrected chi connectivity index (χ0v) is 13.7. The van der Waals surface area contributed by atoms with E-state index in [0.717, 1.165) is 16.7 Å². The van der Waals surface area contributed by atoms with E-state index in [-0.39, 0.29) is 4.90 Å². The summed E-state index contributed by atoms with van der Waals surface area (Å²) in [6, 6.07) is 7.01. The first-order chi connectivity index (χ1) is 9.45. The molecule has 1 heterocycles. The fraction of sp³-hybridized carbons (Fsp3) is 0.286. The Labute approximate surface area is 128 Å². The van der Waals surface area contributed by atoms with Crippen LogP contribution in [0, 0.1) is 6.92 Å². The monoisotopic (exact) mass is 329 g/mol. The predicted octanol–water partition coefficient (Wildman–Crippen LogP) is 3.62. The number of sulfonamides is 1. The summed E-state index contributed by atoms with van der Waals surface area (Å²) in [7, 11) is -1.89. The molecule has 0 radical (unpaired) electrons. The maximum Gasteiger partial charge on any atom is 0.243 e. The Morgan fingerprint density at radius 3 is 2.65 bits per heavy atom. The molecule has 0 unspecified atom stereocenters. The molecular weight excluding hydrogens is 314 g/mol. The molecule has 0 amide bonds. The van der Waals surface area contributed by atoms with E-state index in [9.17, 15) is 8.42 Å². The van der Waals surface area contributed by atoms with Crippen LogP contribution in [0.2, 0.25) is 0 Å². The van der Waals surface area contributed by atoms with Gasteiger partial charge in [0.1, 0.15) is 0 Å². The van der Waals surface area contributed by atoms with Crippen molar-refractivity contribution in [3.8, 4) is 0 Å². The molecule has 20 heavy (non-hydrogen) atoms. The molecule has 0 saturated heterocycles. The van der Waals surface area contributed by atoms with E-state index in [1.165, 1.54) is 4.31 Å². The third-order valence-electron chi connectivity index (χ3n) is 3.16. The van der Waals surface area contributed by atoms with Gasteiger partial charge in [-0.2, -0.15) is 15.6 Å². The normalized spacial score (nSPS) is 12.0. The van der Waals surface area contributed by atoms with Crippen LogP contribution in [0.1, 0.15) is 16.7 Å². The quantitative estimate of drug-likeness (QED) is 0.786. The van der Waals surface area contributed by atoms with Gasteiger partial charge in [-0.05, 0) is 52.6 Å². The minimum Gasteiger partial charge on any atom is -0.207 e. The van der Waals surface area contributed by atoms with Crippen molar-refractivity contribution in [3.63, 3.8) is 0 Å². The van der Waals surface area contributed by atoms with Gasteiger partial charge in [-0.1, -0.05) is 6.07 Å². The highest BCUT2D eigenvalue weighted by atomic mass is 35.5. The first-order valence-corrected chi connectivity index (χ1v) is 9.00. The summed E-state index contributed by atoms with van der Waals surface area (Å²) in [5.41, 5.74) is 2.84. The highest BCUT2D eigenvalue weighted by Gasteiger charge is 2.21. The molecule has 0 saturated carbocycles. The van der Waals surface area contributed by atoms with Gasteiger partial charge in [0.05, 0.1) is 4.90 Å². The van der Waals surface area contributed by atoms with E-state index < -0.39 is 10.0 Å². The van der Waals surface area contributed by atoms with Gasteiger partial charge in [-0.3, -0.25) is 0 Å². The molecule has 0 aliphatic rings. The third-order valence-corrected chi connectivity index (χ3v) is 5.98. The Kier molecular flexibility index (Phi) is 4.86. The molecular formula is C14H16ClNO2S2. The van der Waals surface area contributed by atoms with E-state index in [4.69, 9.17) is 11.6 Å². The number of aryl methyl sites for hydroxylation is 1. The molecule has 0 atom stereocenters. The van der Waals surface area contributed by atoms with Crippen LogP contribution in [0.25, 0.3) is 0 Å². The van der Waals surface area contributed by atoms with Gasteiger partial charge in [0, 0.05) is 19.5 Å². The maximum atomic E-state index is 12.5. The van der Waals surface area contributed by atoms with E-state index in [1.807, 2.05) is 23.8 Å². The Morgan fingerprint density at radius 2 is 2.05 bits per heavy atom. The zero-order chi connectivity index (χ0) is 14.8. The maximum absolute atomic E-state index is 12.5. The highest BCUT2D eigenvalue weighted by molar-refractivity contribution is 7.89. The number of rotatable bonds is 5. The van der Waals surface area contributed by atoms with Crippen LogP contribution >= 0.6 is 22.9 Å². The second-order valence-corrected chi connectivity index (χ2v) is 7.71. The van der Waals surface area contributed by atoms with Gasteiger partial charge in [0.15, 0.2) is 0 Å². The average Bonchev–Trinajstić information content (AvgIpc) is 2.91. The van der Waals surface area contributed by atoms with Crippen molar-refractivity contribution in [1.82, 2.24) is 4.31 Å². The fourth-order valence-electron chi connectivity index (χ4n) is 1.86. The second-order valence-electron chi connectivity index (χ2n) is 4.61. The number of benzene rings is 1. The predicted molar refractivity (Wildman–Crippen MR) is 83.7 cm³/mol. The van der Waals surface area contributed by atoms with Crippen molar-refractivity contribution in [1.29, 1.82) is 0 Å². The van der Waals surface area contributed by atoms with Crippen LogP contribution in [0.4, 0.5) is 0 Å². The van der Waals surface area contributed by atoms with Crippen LogP contribution in [0.3, 0.4) is 0 Å². The van der Waals surface area contributed by atoms with Crippen LogP contribution in [-0.2, 0) is 22.4 Å². The van der Waals surface area contributed by atoms with Gasteiger partial charge < -0.3 is 0 Å². The Hall–Kier alpha value is -0.880. The molecule has 1 aromatic carbocycles. The molecule has 108 valence electrons. The molecule has 0 fully saturated rings. The summed E-state index contributed by atoms with van der Waals surface area (Å²) in [5.74, 6) is 0.309. The van der Waals surface area contributed by atoms with E-state index in [0.29, 0.717) is 12.4 Å². The topological polar surface area (TPSA) is 37.4 Å². The minimum absolute atomic E-state index is 0.288. The largest absolute Gasteiger partial charge is 0.243 e. The summed E-state index contributed by atoms with van der Waals surface area (Å²) in [5, 5.41) is 3.89. The van der Waals surface area contributed by atoms with Gasteiger partial charge in [0.25, 0.3) is 0 Å². The lowest BCUT2D eigenvalue weighted by Gasteiger charge is -2.17. The van der Waals surface area contributed by atoms with Crippen molar-refractivity contribution in [2.24, 2.45) is 0 Å². The summed E-state index contributed by atoms with van der Waals surface area (Å²) in [6.07, 6.45) is 0. The molecule has 0 spiro atoms. The minimum atomic E-state index is -3.49. The van der Waals surface area contributed by atoms with Crippen LogP contribution in [0.15, 0.2) is 39.9 Å². The number of thiophene rings is 1. The van der Waals surface area contributed by atoms with E-state index >= 15 is 0 Å². The van der Waals surface area contributed by atoms with Crippen molar-refractivity contribution in [2.75, 3.05) is 7.05 Å². The molecule has 0 aliphatic heterocycles. The summed E-state index contributed by atoms with van der Waals surface area (Å²) >= 11 is 7.40.